The normalized spacial score (nSPS) is 16.8. The van der Waals surface area contributed by atoms with Gasteiger partial charge in [-0.15, -0.1) is 0 Å². The molecule has 2 aromatic rings. The predicted octanol–water partition coefficient (Wildman–Crippen LogP) is 3.52. The Balaban J connectivity index is 1.29. The van der Waals surface area contributed by atoms with Crippen LogP contribution in [0.5, 0.6) is 5.75 Å². The highest BCUT2D eigenvalue weighted by Crippen LogP contribution is 2.25. The standard InChI is InChI=1S/C21H31N5O2S/c1-22-21(24-15-18-7-6-14-29-18)23-13-5-3-4-8-19-25-20(26-28-19)16-9-11-17(27-2)12-10-16/h9-12,18H,3-8,13-15H2,1-2H3,(H2,22,23,24). The number of aliphatic imine (C=N–C) groups is 1. The predicted molar refractivity (Wildman–Crippen MR) is 119 cm³/mol. The van der Waals surface area contributed by atoms with Crippen molar-refractivity contribution in [3.63, 3.8) is 0 Å². The van der Waals surface area contributed by atoms with Gasteiger partial charge < -0.3 is 19.9 Å². The first-order valence-corrected chi connectivity index (χ1v) is 11.4. The molecule has 0 spiro atoms. The van der Waals surface area contributed by atoms with Crippen molar-refractivity contribution < 1.29 is 9.26 Å². The van der Waals surface area contributed by atoms with Gasteiger partial charge in [-0.1, -0.05) is 11.6 Å². The summed E-state index contributed by atoms with van der Waals surface area (Å²) in [4.78, 5) is 8.79. The minimum atomic E-state index is 0.625. The minimum absolute atomic E-state index is 0.625. The van der Waals surface area contributed by atoms with Crippen molar-refractivity contribution in [1.82, 2.24) is 20.8 Å². The summed E-state index contributed by atoms with van der Waals surface area (Å²) in [5.74, 6) is 4.32. The number of rotatable bonds is 10. The number of guanidine groups is 1. The number of ether oxygens (including phenoxy) is 1. The quantitative estimate of drug-likeness (QED) is 0.348. The number of methoxy groups -OCH3 is 1. The van der Waals surface area contributed by atoms with E-state index in [1.807, 2.05) is 31.3 Å². The monoisotopic (exact) mass is 417 g/mol. The van der Waals surface area contributed by atoms with E-state index >= 15 is 0 Å². The number of aryl methyl sites for hydroxylation is 1. The van der Waals surface area contributed by atoms with E-state index in [1.165, 1.54) is 18.6 Å². The Kier molecular flexibility index (Phi) is 8.67. The lowest BCUT2D eigenvalue weighted by Gasteiger charge is -2.14. The summed E-state index contributed by atoms with van der Waals surface area (Å²) in [6, 6.07) is 7.66. The lowest BCUT2D eigenvalue weighted by Crippen LogP contribution is -2.40. The highest BCUT2D eigenvalue weighted by molar-refractivity contribution is 8.00. The molecule has 1 unspecified atom stereocenters. The van der Waals surface area contributed by atoms with Crippen molar-refractivity contribution in [3.8, 4) is 17.1 Å². The number of benzene rings is 1. The zero-order valence-corrected chi connectivity index (χ0v) is 18.1. The molecule has 1 aromatic carbocycles. The maximum absolute atomic E-state index is 5.38. The van der Waals surface area contributed by atoms with Crippen LogP contribution >= 0.6 is 11.8 Å². The van der Waals surface area contributed by atoms with Crippen LogP contribution in [0.15, 0.2) is 33.8 Å². The van der Waals surface area contributed by atoms with Crippen molar-refractivity contribution in [1.29, 1.82) is 0 Å². The SMILES string of the molecule is CN=C(NCCCCCc1nc(-c2ccc(OC)cc2)no1)NCC1CCCS1. The molecule has 1 aromatic heterocycles. The minimum Gasteiger partial charge on any atom is -0.497 e. The summed E-state index contributed by atoms with van der Waals surface area (Å²) in [5, 5.41) is 11.6. The second kappa shape index (κ2) is 11.7. The van der Waals surface area contributed by atoms with Gasteiger partial charge >= 0.3 is 0 Å². The Morgan fingerprint density at radius 3 is 2.83 bits per heavy atom. The topological polar surface area (TPSA) is 84.6 Å². The highest BCUT2D eigenvalue weighted by atomic mass is 32.2. The largest absolute Gasteiger partial charge is 0.497 e. The van der Waals surface area contributed by atoms with E-state index in [1.54, 1.807) is 7.11 Å². The van der Waals surface area contributed by atoms with Crippen LogP contribution in [0.2, 0.25) is 0 Å². The molecule has 7 nitrogen and oxygen atoms in total. The summed E-state index contributed by atoms with van der Waals surface area (Å²) in [7, 11) is 3.48. The first kappa shape index (κ1) is 21.5. The van der Waals surface area contributed by atoms with E-state index in [9.17, 15) is 0 Å². The van der Waals surface area contributed by atoms with Gasteiger partial charge in [0.25, 0.3) is 0 Å². The van der Waals surface area contributed by atoms with Crippen molar-refractivity contribution in [2.75, 3.05) is 33.0 Å². The molecule has 0 amide bonds. The average molecular weight is 418 g/mol. The molecule has 0 aliphatic carbocycles. The molecule has 1 fully saturated rings. The molecule has 29 heavy (non-hydrogen) atoms. The molecule has 2 N–H and O–H groups in total. The number of hydrogen-bond acceptors (Lipinski definition) is 6. The van der Waals surface area contributed by atoms with E-state index in [2.05, 4.69) is 37.5 Å². The second-order valence-electron chi connectivity index (χ2n) is 7.07. The highest BCUT2D eigenvalue weighted by Gasteiger charge is 2.15. The third kappa shape index (κ3) is 6.96. The fraction of sp³-hybridized carbons (Fsp3) is 0.571. The number of unbranched alkanes of at least 4 members (excludes halogenated alkanes) is 2. The Labute approximate surface area is 177 Å². The van der Waals surface area contributed by atoms with Gasteiger partial charge in [-0.2, -0.15) is 16.7 Å². The Morgan fingerprint density at radius 2 is 2.10 bits per heavy atom. The zero-order chi connectivity index (χ0) is 20.3. The maximum atomic E-state index is 5.38. The van der Waals surface area contributed by atoms with Gasteiger partial charge in [0.1, 0.15) is 5.75 Å². The van der Waals surface area contributed by atoms with Crippen LogP contribution in [0, 0.1) is 0 Å². The molecule has 8 heteroatoms. The molecule has 0 saturated carbocycles. The molecule has 1 saturated heterocycles. The van der Waals surface area contributed by atoms with Gasteiger partial charge in [0, 0.05) is 37.4 Å². The van der Waals surface area contributed by atoms with E-state index in [0.29, 0.717) is 11.7 Å². The van der Waals surface area contributed by atoms with Gasteiger partial charge in [-0.25, -0.2) is 0 Å². The van der Waals surface area contributed by atoms with Crippen molar-refractivity contribution >= 4 is 17.7 Å². The summed E-state index contributed by atoms with van der Waals surface area (Å²) in [6.07, 6.45) is 6.65. The fourth-order valence-corrected chi connectivity index (χ4v) is 4.44. The van der Waals surface area contributed by atoms with Gasteiger partial charge in [0.2, 0.25) is 11.7 Å². The first-order chi connectivity index (χ1) is 14.3. The summed E-state index contributed by atoms with van der Waals surface area (Å²) in [5.41, 5.74) is 0.930. The molecule has 1 atom stereocenters. The Bertz CT molecular complexity index is 757. The van der Waals surface area contributed by atoms with Crippen molar-refractivity contribution in [2.24, 2.45) is 4.99 Å². The van der Waals surface area contributed by atoms with Crippen LogP contribution in [0.25, 0.3) is 11.4 Å². The van der Waals surface area contributed by atoms with E-state index in [0.717, 1.165) is 61.3 Å². The van der Waals surface area contributed by atoms with Crippen LogP contribution in [-0.4, -0.2) is 54.3 Å². The van der Waals surface area contributed by atoms with E-state index in [4.69, 9.17) is 9.26 Å². The molecule has 0 bridgehead atoms. The number of hydrogen-bond donors (Lipinski definition) is 2. The van der Waals surface area contributed by atoms with Crippen LogP contribution in [-0.2, 0) is 6.42 Å². The third-order valence-electron chi connectivity index (χ3n) is 4.92. The lowest BCUT2D eigenvalue weighted by molar-refractivity contribution is 0.374. The van der Waals surface area contributed by atoms with Crippen LogP contribution in [0.4, 0.5) is 0 Å². The van der Waals surface area contributed by atoms with Crippen molar-refractivity contribution in [3.05, 3.63) is 30.2 Å². The molecule has 2 heterocycles. The molecular weight excluding hydrogens is 386 g/mol. The molecule has 0 radical (unpaired) electrons. The second-order valence-corrected chi connectivity index (χ2v) is 8.47. The Morgan fingerprint density at radius 1 is 1.24 bits per heavy atom. The first-order valence-electron chi connectivity index (χ1n) is 10.3. The van der Waals surface area contributed by atoms with Crippen molar-refractivity contribution in [2.45, 2.75) is 43.8 Å². The molecule has 158 valence electrons. The van der Waals surface area contributed by atoms with Crippen LogP contribution in [0.3, 0.4) is 0 Å². The van der Waals surface area contributed by atoms with Gasteiger partial charge in [0.15, 0.2) is 5.96 Å². The summed E-state index contributed by atoms with van der Waals surface area (Å²) < 4.78 is 10.6. The molecular formula is C21H31N5O2S. The molecule has 3 rings (SSSR count). The maximum Gasteiger partial charge on any atom is 0.226 e. The number of thioether (sulfide) groups is 1. The zero-order valence-electron chi connectivity index (χ0n) is 17.3. The van der Waals surface area contributed by atoms with E-state index < -0.39 is 0 Å². The average Bonchev–Trinajstić information content (AvgIpc) is 3.45. The summed E-state index contributed by atoms with van der Waals surface area (Å²) >= 11 is 2.06. The van der Waals surface area contributed by atoms with Crippen LogP contribution in [0.1, 0.15) is 38.0 Å². The van der Waals surface area contributed by atoms with Gasteiger partial charge in [0.05, 0.1) is 7.11 Å². The van der Waals surface area contributed by atoms with E-state index in [-0.39, 0.29) is 0 Å². The number of nitrogens with zero attached hydrogens (tertiary/aromatic N) is 3. The fourth-order valence-electron chi connectivity index (χ4n) is 3.23. The lowest BCUT2D eigenvalue weighted by atomic mass is 10.2. The van der Waals surface area contributed by atoms with Gasteiger partial charge in [-0.3, -0.25) is 4.99 Å². The number of aromatic nitrogens is 2. The number of nitrogens with one attached hydrogen (secondary N) is 2. The van der Waals surface area contributed by atoms with Crippen LogP contribution < -0.4 is 15.4 Å². The third-order valence-corrected chi connectivity index (χ3v) is 6.32. The Hall–Kier alpha value is -2.22. The summed E-state index contributed by atoms with van der Waals surface area (Å²) in [6.45, 7) is 1.91. The van der Waals surface area contributed by atoms with Gasteiger partial charge in [-0.05, 0) is 55.7 Å². The molecule has 1 aliphatic heterocycles. The molecule has 1 aliphatic rings. The smallest absolute Gasteiger partial charge is 0.226 e.